The number of rotatable bonds is 3. The molecule has 1 aliphatic heterocycles. The SMILES string of the molecule is CCOC(=O)C1Cc2cc([N+](=O)[O-])cc(Br)c2OS1(=O)=O. The lowest BCUT2D eigenvalue weighted by Crippen LogP contribution is -2.40. The number of hydrogen-bond donors (Lipinski definition) is 0. The van der Waals surface area contributed by atoms with E-state index in [2.05, 4.69) is 15.9 Å². The summed E-state index contributed by atoms with van der Waals surface area (Å²) in [6.07, 6.45) is -0.239. The summed E-state index contributed by atoms with van der Waals surface area (Å²) in [5.41, 5.74) is 0.0232. The first kappa shape index (κ1) is 15.7. The molecule has 1 aliphatic rings. The first-order valence-corrected chi connectivity index (χ1v) is 8.09. The average Bonchev–Trinajstić information content (AvgIpc) is 2.38. The maximum absolute atomic E-state index is 12.0. The van der Waals surface area contributed by atoms with Gasteiger partial charge in [-0.3, -0.25) is 14.9 Å². The molecule has 1 unspecified atom stereocenters. The summed E-state index contributed by atoms with van der Waals surface area (Å²) >= 11 is 3.03. The zero-order valence-corrected chi connectivity index (χ0v) is 13.1. The molecule has 0 spiro atoms. The summed E-state index contributed by atoms with van der Waals surface area (Å²) in [6, 6.07) is 2.32. The largest absolute Gasteiger partial charge is 0.465 e. The van der Waals surface area contributed by atoms with Crippen molar-refractivity contribution in [3.63, 3.8) is 0 Å². The molecule has 2 rings (SSSR count). The van der Waals surface area contributed by atoms with E-state index in [9.17, 15) is 23.3 Å². The van der Waals surface area contributed by atoms with Crippen LogP contribution in [0.1, 0.15) is 12.5 Å². The van der Waals surface area contributed by atoms with Crippen LogP contribution in [0.15, 0.2) is 16.6 Å². The van der Waals surface area contributed by atoms with Crippen molar-refractivity contribution in [1.82, 2.24) is 0 Å². The van der Waals surface area contributed by atoms with E-state index in [1.807, 2.05) is 0 Å². The minimum atomic E-state index is -4.19. The van der Waals surface area contributed by atoms with Crippen LogP contribution in [0.4, 0.5) is 5.69 Å². The number of carbonyl (C=O) groups is 1. The highest BCUT2D eigenvalue weighted by Gasteiger charge is 2.42. The third-order valence-corrected chi connectivity index (χ3v) is 4.86. The fourth-order valence-electron chi connectivity index (χ4n) is 1.90. The molecule has 0 aliphatic carbocycles. The molecule has 0 bridgehead atoms. The second-order valence-electron chi connectivity index (χ2n) is 4.19. The van der Waals surface area contributed by atoms with E-state index in [4.69, 9.17) is 8.92 Å². The fraction of sp³-hybridized carbons (Fsp3) is 0.364. The van der Waals surface area contributed by atoms with E-state index >= 15 is 0 Å². The van der Waals surface area contributed by atoms with Crippen LogP contribution in [0.25, 0.3) is 0 Å². The highest BCUT2D eigenvalue weighted by atomic mass is 79.9. The molecule has 0 radical (unpaired) electrons. The first-order valence-electron chi connectivity index (χ1n) is 5.83. The maximum atomic E-state index is 12.0. The van der Waals surface area contributed by atoms with Gasteiger partial charge < -0.3 is 8.92 Å². The van der Waals surface area contributed by atoms with E-state index < -0.39 is 26.3 Å². The van der Waals surface area contributed by atoms with Gasteiger partial charge in [-0.2, -0.15) is 8.42 Å². The van der Waals surface area contributed by atoms with Crippen molar-refractivity contribution in [3.05, 3.63) is 32.3 Å². The van der Waals surface area contributed by atoms with Gasteiger partial charge in [-0.15, -0.1) is 0 Å². The number of benzene rings is 1. The Bertz CT molecular complexity index is 716. The summed E-state index contributed by atoms with van der Waals surface area (Å²) in [5.74, 6) is -0.980. The van der Waals surface area contributed by atoms with E-state index in [0.717, 1.165) is 6.07 Å². The third-order valence-electron chi connectivity index (χ3n) is 2.82. The van der Waals surface area contributed by atoms with Crippen LogP contribution in [0.5, 0.6) is 5.75 Å². The van der Waals surface area contributed by atoms with E-state index in [-0.39, 0.29) is 34.5 Å². The van der Waals surface area contributed by atoms with Gasteiger partial charge in [0.1, 0.15) is 0 Å². The minimum absolute atomic E-state index is 0.0241. The third kappa shape index (κ3) is 3.00. The zero-order valence-electron chi connectivity index (χ0n) is 10.7. The molecule has 0 amide bonds. The smallest absolute Gasteiger partial charge is 0.328 e. The van der Waals surface area contributed by atoms with E-state index in [1.165, 1.54) is 6.07 Å². The molecule has 1 aromatic carbocycles. The molecule has 1 atom stereocenters. The van der Waals surface area contributed by atoms with Gasteiger partial charge in [0, 0.05) is 24.1 Å². The fourth-order valence-corrected chi connectivity index (χ4v) is 3.81. The van der Waals surface area contributed by atoms with Crippen LogP contribution in [0.2, 0.25) is 0 Å². The summed E-state index contributed by atoms with van der Waals surface area (Å²) in [6.45, 7) is 1.57. The first-order chi connectivity index (χ1) is 9.76. The molecule has 0 fully saturated rings. The molecule has 21 heavy (non-hydrogen) atoms. The van der Waals surface area contributed by atoms with Crippen LogP contribution in [-0.4, -0.2) is 31.2 Å². The number of hydrogen-bond acceptors (Lipinski definition) is 7. The predicted octanol–water partition coefficient (Wildman–Crippen LogP) is 1.55. The van der Waals surface area contributed by atoms with Crippen molar-refractivity contribution in [2.45, 2.75) is 18.6 Å². The molecular formula is C11H10BrNO7S. The maximum Gasteiger partial charge on any atom is 0.328 e. The Morgan fingerprint density at radius 3 is 2.81 bits per heavy atom. The van der Waals surface area contributed by atoms with E-state index in [1.54, 1.807) is 6.92 Å². The molecule has 0 saturated carbocycles. The number of nitro groups is 1. The number of esters is 1. The van der Waals surface area contributed by atoms with Gasteiger partial charge in [-0.1, -0.05) is 0 Å². The normalized spacial score (nSPS) is 19.2. The number of ether oxygens (including phenoxy) is 1. The van der Waals surface area contributed by atoms with Crippen LogP contribution in [-0.2, 0) is 26.1 Å². The second-order valence-corrected chi connectivity index (χ2v) is 6.77. The molecule has 0 saturated heterocycles. The highest BCUT2D eigenvalue weighted by molar-refractivity contribution is 9.10. The second kappa shape index (κ2) is 5.60. The lowest BCUT2D eigenvalue weighted by atomic mass is 10.1. The Hall–Kier alpha value is -1.68. The molecule has 114 valence electrons. The van der Waals surface area contributed by atoms with Crippen molar-refractivity contribution >= 4 is 37.7 Å². The van der Waals surface area contributed by atoms with Crippen molar-refractivity contribution in [3.8, 4) is 5.75 Å². The molecular weight excluding hydrogens is 370 g/mol. The quantitative estimate of drug-likeness (QED) is 0.338. The average molecular weight is 380 g/mol. The van der Waals surface area contributed by atoms with Gasteiger partial charge in [0.05, 0.1) is 16.0 Å². The van der Waals surface area contributed by atoms with Crippen LogP contribution < -0.4 is 4.18 Å². The lowest BCUT2D eigenvalue weighted by Gasteiger charge is -2.24. The monoisotopic (exact) mass is 379 g/mol. The molecule has 0 N–H and O–H groups in total. The molecule has 8 nitrogen and oxygen atoms in total. The topological polar surface area (TPSA) is 113 Å². The Morgan fingerprint density at radius 2 is 2.24 bits per heavy atom. The standard InChI is InChI=1S/C11H10BrNO7S/c1-2-19-11(14)9-4-6-3-7(13(15)16)5-8(12)10(6)20-21(9,17)18/h3,5,9H,2,4H2,1H3. The van der Waals surface area contributed by atoms with E-state index in [0.29, 0.717) is 0 Å². The van der Waals surface area contributed by atoms with Crippen molar-refractivity contribution in [1.29, 1.82) is 0 Å². The Kier molecular flexibility index (Phi) is 4.19. The van der Waals surface area contributed by atoms with Crippen LogP contribution in [0.3, 0.4) is 0 Å². The Morgan fingerprint density at radius 1 is 1.57 bits per heavy atom. The highest BCUT2D eigenvalue weighted by Crippen LogP contribution is 2.39. The van der Waals surface area contributed by atoms with Crippen molar-refractivity contribution in [2.75, 3.05) is 6.61 Å². The number of nitro benzene ring substituents is 1. The summed E-state index contributed by atoms with van der Waals surface area (Å²) in [4.78, 5) is 21.9. The van der Waals surface area contributed by atoms with Crippen LogP contribution >= 0.6 is 15.9 Å². The van der Waals surface area contributed by atoms with Gasteiger partial charge in [0.25, 0.3) is 5.69 Å². The van der Waals surface area contributed by atoms with Gasteiger partial charge in [0.15, 0.2) is 11.0 Å². The van der Waals surface area contributed by atoms with Crippen molar-refractivity contribution < 1.29 is 27.1 Å². The van der Waals surface area contributed by atoms with Crippen LogP contribution in [0, 0.1) is 10.1 Å². The summed E-state index contributed by atoms with van der Waals surface area (Å²) in [5, 5.41) is 9.29. The predicted molar refractivity (Wildman–Crippen MR) is 74.5 cm³/mol. The molecule has 10 heteroatoms. The number of halogens is 1. The minimum Gasteiger partial charge on any atom is -0.465 e. The number of nitrogens with zero attached hydrogens (tertiary/aromatic N) is 1. The van der Waals surface area contributed by atoms with Gasteiger partial charge in [0.2, 0.25) is 0 Å². The molecule has 1 heterocycles. The summed E-state index contributed by atoms with van der Waals surface area (Å²) < 4.78 is 33.6. The van der Waals surface area contributed by atoms with Crippen molar-refractivity contribution in [2.24, 2.45) is 0 Å². The number of carbonyl (C=O) groups excluding carboxylic acids is 1. The van der Waals surface area contributed by atoms with Gasteiger partial charge in [-0.05, 0) is 22.9 Å². The Labute approximate surface area is 128 Å². The number of non-ortho nitro benzene ring substituents is 1. The van der Waals surface area contributed by atoms with Gasteiger partial charge >= 0.3 is 16.1 Å². The Balaban J connectivity index is 2.49. The zero-order chi connectivity index (χ0) is 15.8. The number of fused-ring (bicyclic) bond motifs is 1. The molecule has 1 aromatic rings. The lowest BCUT2D eigenvalue weighted by molar-refractivity contribution is -0.385. The van der Waals surface area contributed by atoms with Gasteiger partial charge in [-0.25, -0.2) is 0 Å². The molecule has 0 aromatic heterocycles. The summed E-state index contributed by atoms with van der Waals surface area (Å²) in [7, 11) is -4.19.